The molecule has 2 amide bonds. The summed E-state index contributed by atoms with van der Waals surface area (Å²) in [6, 6.07) is 13.9. The zero-order valence-electron chi connectivity index (χ0n) is 15.3. The van der Waals surface area contributed by atoms with Crippen molar-refractivity contribution in [1.29, 1.82) is 0 Å². The van der Waals surface area contributed by atoms with E-state index in [2.05, 4.69) is 10.6 Å². The number of anilines is 2. The number of carbonyl (C=O) groups is 2. The lowest BCUT2D eigenvalue weighted by molar-refractivity contribution is -0.119. The van der Waals surface area contributed by atoms with Gasteiger partial charge in [-0.2, -0.15) is 0 Å². The van der Waals surface area contributed by atoms with Crippen LogP contribution < -0.4 is 15.5 Å². The molecule has 0 aliphatic carbocycles. The van der Waals surface area contributed by atoms with Gasteiger partial charge in [-0.05, 0) is 43.5 Å². The Morgan fingerprint density at radius 3 is 2.58 bits per heavy atom. The highest BCUT2D eigenvalue weighted by Gasteiger charge is 2.23. The summed E-state index contributed by atoms with van der Waals surface area (Å²) < 4.78 is 0. The highest BCUT2D eigenvalue weighted by atomic mass is 16.2. The summed E-state index contributed by atoms with van der Waals surface area (Å²) in [6.45, 7) is 5.50. The van der Waals surface area contributed by atoms with E-state index in [1.54, 1.807) is 0 Å². The fourth-order valence-corrected chi connectivity index (χ4v) is 3.15. The molecule has 1 heterocycles. The van der Waals surface area contributed by atoms with Crippen LogP contribution in [0.3, 0.4) is 0 Å². The van der Waals surface area contributed by atoms with E-state index in [1.807, 2.05) is 61.2 Å². The molecule has 1 saturated heterocycles. The molecule has 136 valence electrons. The van der Waals surface area contributed by atoms with E-state index in [-0.39, 0.29) is 18.4 Å². The summed E-state index contributed by atoms with van der Waals surface area (Å²) in [4.78, 5) is 25.9. The summed E-state index contributed by atoms with van der Waals surface area (Å²) in [6.07, 6.45) is 1.51. The topological polar surface area (TPSA) is 61.4 Å². The number of hydrogen-bond donors (Lipinski definition) is 2. The molecule has 3 rings (SSSR count). The summed E-state index contributed by atoms with van der Waals surface area (Å²) in [5.74, 6) is 0.105. The lowest BCUT2D eigenvalue weighted by atomic mass is 10.1. The monoisotopic (exact) mass is 351 g/mol. The van der Waals surface area contributed by atoms with Crippen molar-refractivity contribution in [3.05, 3.63) is 59.2 Å². The van der Waals surface area contributed by atoms with Crippen LogP contribution in [0.15, 0.2) is 42.5 Å². The molecule has 2 N–H and O–H groups in total. The predicted molar refractivity (Wildman–Crippen MR) is 104 cm³/mol. The molecule has 1 aliphatic heterocycles. The molecule has 0 atom stereocenters. The van der Waals surface area contributed by atoms with Gasteiger partial charge in [-0.3, -0.25) is 9.59 Å². The van der Waals surface area contributed by atoms with Gasteiger partial charge >= 0.3 is 0 Å². The van der Waals surface area contributed by atoms with Gasteiger partial charge in [-0.15, -0.1) is 0 Å². The molecule has 0 aromatic heterocycles. The quantitative estimate of drug-likeness (QED) is 0.840. The van der Waals surface area contributed by atoms with E-state index in [1.165, 1.54) is 5.56 Å². The fourth-order valence-electron chi connectivity index (χ4n) is 3.15. The standard InChI is InChI=1S/C21H25N3O2/c1-15-8-10-17(11-9-15)13-23-20(25)14-22-18-5-3-6-19(16(18)2)24-12-4-7-21(24)26/h3,5-6,8-11,22H,4,7,12-14H2,1-2H3,(H,23,25). The number of carbonyl (C=O) groups excluding carboxylic acids is 2. The van der Waals surface area contributed by atoms with Gasteiger partial charge in [0.25, 0.3) is 0 Å². The second-order valence-corrected chi connectivity index (χ2v) is 6.71. The maximum atomic E-state index is 12.1. The Balaban J connectivity index is 1.56. The van der Waals surface area contributed by atoms with Crippen molar-refractivity contribution in [1.82, 2.24) is 5.32 Å². The molecule has 0 saturated carbocycles. The minimum Gasteiger partial charge on any atom is -0.376 e. The highest BCUT2D eigenvalue weighted by Crippen LogP contribution is 2.29. The highest BCUT2D eigenvalue weighted by molar-refractivity contribution is 5.97. The van der Waals surface area contributed by atoms with E-state index in [0.717, 1.165) is 35.5 Å². The van der Waals surface area contributed by atoms with Crippen molar-refractivity contribution in [2.75, 3.05) is 23.3 Å². The zero-order valence-corrected chi connectivity index (χ0v) is 15.3. The first-order valence-electron chi connectivity index (χ1n) is 9.00. The van der Waals surface area contributed by atoms with Crippen LogP contribution in [-0.4, -0.2) is 24.9 Å². The molecule has 2 aromatic rings. The number of benzene rings is 2. The SMILES string of the molecule is Cc1ccc(CNC(=O)CNc2cccc(N3CCCC3=O)c2C)cc1. The van der Waals surface area contributed by atoms with Crippen molar-refractivity contribution in [3.8, 4) is 0 Å². The number of hydrogen-bond acceptors (Lipinski definition) is 3. The number of aryl methyl sites for hydroxylation is 1. The minimum atomic E-state index is -0.0624. The molecule has 2 aromatic carbocycles. The molecule has 0 bridgehead atoms. The van der Waals surface area contributed by atoms with Gasteiger partial charge in [0, 0.05) is 30.9 Å². The van der Waals surface area contributed by atoms with Crippen LogP contribution in [0, 0.1) is 13.8 Å². The Morgan fingerprint density at radius 1 is 1.12 bits per heavy atom. The minimum absolute atomic E-state index is 0.0624. The molecule has 0 radical (unpaired) electrons. The van der Waals surface area contributed by atoms with Gasteiger partial charge in [0.05, 0.1) is 6.54 Å². The van der Waals surface area contributed by atoms with Crippen LogP contribution in [0.2, 0.25) is 0 Å². The first kappa shape index (κ1) is 18.0. The predicted octanol–water partition coefficient (Wildman–Crippen LogP) is 3.16. The van der Waals surface area contributed by atoms with Crippen molar-refractivity contribution in [2.24, 2.45) is 0 Å². The van der Waals surface area contributed by atoms with Crippen molar-refractivity contribution in [2.45, 2.75) is 33.2 Å². The first-order chi connectivity index (χ1) is 12.5. The van der Waals surface area contributed by atoms with E-state index in [0.29, 0.717) is 13.0 Å². The summed E-state index contributed by atoms with van der Waals surface area (Å²) in [5.41, 5.74) is 5.09. The fraction of sp³-hybridized carbons (Fsp3) is 0.333. The van der Waals surface area contributed by atoms with Gasteiger partial charge in [0.15, 0.2) is 0 Å². The van der Waals surface area contributed by atoms with Gasteiger partial charge < -0.3 is 15.5 Å². The maximum Gasteiger partial charge on any atom is 0.239 e. The summed E-state index contributed by atoms with van der Waals surface area (Å²) in [7, 11) is 0. The maximum absolute atomic E-state index is 12.1. The average Bonchev–Trinajstić information content (AvgIpc) is 3.06. The zero-order chi connectivity index (χ0) is 18.5. The van der Waals surface area contributed by atoms with Crippen LogP contribution >= 0.6 is 0 Å². The van der Waals surface area contributed by atoms with Gasteiger partial charge in [0.1, 0.15) is 0 Å². The van der Waals surface area contributed by atoms with Crippen LogP contribution in [-0.2, 0) is 16.1 Å². The molecule has 5 heteroatoms. The summed E-state index contributed by atoms with van der Waals surface area (Å²) in [5, 5.41) is 6.11. The number of amides is 2. The molecular formula is C21H25N3O2. The second-order valence-electron chi connectivity index (χ2n) is 6.71. The largest absolute Gasteiger partial charge is 0.376 e. The van der Waals surface area contributed by atoms with Crippen molar-refractivity contribution in [3.63, 3.8) is 0 Å². The Morgan fingerprint density at radius 2 is 1.88 bits per heavy atom. The molecule has 0 unspecified atom stereocenters. The van der Waals surface area contributed by atoms with Gasteiger partial charge in [-0.1, -0.05) is 35.9 Å². The van der Waals surface area contributed by atoms with E-state index in [4.69, 9.17) is 0 Å². The third-order valence-electron chi connectivity index (χ3n) is 4.72. The van der Waals surface area contributed by atoms with Crippen LogP contribution in [0.4, 0.5) is 11.4 Å². The molecular weight excluding hydrogens is 326 g/mol. The number of nitrogens with zero attached hydrogens (tertiary/aromatic N) is 1. The van der Waals surface area contributed by atoms with E-state index < -0.39 is 0 Å². The number of nitrogens with one attached hydrogen (secondary N) is 2. The van der Waals surface area contributed by atoms with E-state index >= 15 is 0 Å². The Hall–Kier alpha value is -2.82. The first-order valence-corrected chi connectivity index (χ1v) is 9.00. The Kier molecular flexibility index (Phi) is 5.56. The molecule has 26 heavy (non-hydrogen) atoms. The average molecular weight is 351 g/mol. The normalized spacial score (nSPS) is 13.8. The van der Waals surface area contributed by atoms with Crippen LogP contribution in [0.1, 0.15) is 29.5 Å². The smallest absolute Gasteiger partial charge is 0.239 e. The van der Waals surface area contributed by atoms with Gasteiger partial charge in [0.2, 0.25) is 11.8 Å². The molecule has 5 nitrogen and oxygen atoms in total. The Bertz CT molecular complexity index is 799. The Labute approximate surface area is 154 Å². The van der Waals surface area contributed by atoms with Gasteiger partial charge in [-0.25, -0.2) is 0 Å². The molecule has 1 aliphatic rings. The van der Waals surface area contributed by atoms with Crippen molar-refractivity contribution < 1.29 is 9.59 Å². The third-order valence-corrected chi connectivity index (χ3v) is 4.72. The molecule has 1 fully saturated rings. The van der Waals surface area contributed by atoms with Crippen molar-refractivity contribution >= 4 is 23.2 Å². The lowest BCUT2D eigenvalue weighted by Gasteiger charge is -2.20. The summed E-state index contributed by atoms with van der Waals surface area (Å²) >= 11 is 0. The number of rotatable bonds is 6. The molecule has 0 spiro atoms. The lowest BCUT2D eigenvalue weighted by Crippen LogP contribution is -2.30. The second kappa shape index (κ2) is 8.04. The third kappa shape index (κ3) is 4.23. The van der Waals surface area contributed by atoms with E-state index in [9.17, 15) is 9.59 Å². The van der Waals surface area contributed by atoms with Crippen LogP contribution in [0.5, 0.6) is 0 Å². The van der Waals surface area contributed by atoms with Crippen LogP contribution in [0.25, 0.3) is 0 Å².